The molecule has 2 aliphatic heterocycles. The van der Waals surface area contributed by atoms with E-state index in [1.165, 1.54) is 0 Å². The molecular formula is C36H51N3O15S. The lowest BCUT2D eigenvalue weighted by Gasteiger charge is -2.39. The lowest BCUT2D eigenvalue weighted by atomic mass is 9.99. The molecule has 2 aromatic carbocycles. The molecule has 19 heteroatoms. The van der Waals surface area contributed by atoms with E-state index in [1.54, 1.807) is 44.2 Å². The predicted octanol–water partition coefficient (Wildman–Crippen LogP) is 1.27. The van der Waals surface area contributed by atoms with Gasteiger partial charge in [-0.05, 0) is 42.9 Å². The smallest absolute Gasteiger partial charge is 0.407 e. The normalized spacial score (nSPS) is 24.0. The summed E-state index contributed by atoms with van der Waals surface area (Å²) >= 11 is 0. The van der Waals surface area contributed by atoms with Crippen LogP contribution in [-0.2, 0) is 44.9 Å². The van der Waals surface area contributed by atoms with Crippen molar-refractivity contribution in [2.45, 2.75) is 99.8 Å². The van der Waals surface area contributed by atoms with Gasteiger partial charge < -0.3 is 49.4 Å². The third-order valence-electron chi connectivity index (χ3n) is 9.04. The van der Waals surface area contributed by atoms with Crippen LogP contribution in [0.5, 0.6) is 0 Å². The topological polar surface area (TPSA) is 254 Å². The molecule has 18 nitrogen and oxygen atoms in total. The summed E-state index contributed by atoms with van der Waals surface area (Å²) in [6.07, 6.45) is -8.85. The molecule has 0 aliphatic carbocycles. The molecule has 2 aliphatic rings. The molecule has 2 unspecified atom stereocenters. The highest BCUT2D eigenvalue weighted by molar-refractivity contribution is 7.89. The number of nitrogens with zero attached hydrogens (tertiary/aromatic N) is 2. The second kappa shape index (κ2) is 20.9. The van der Waals surface area contributed by atoms with Gasteiger partial charge in [0.05, 0.1) is 42.2 Å². The number of carbonyl (C=O) groups excluding carboxylic acids is 2. The van der Waals surface area contributed by atoms with Crippen LogP contribution in [0.2, 0.25) is 0 Å². The van der Waals surface area contributed by atoms with Gasteiger partial charge in [-0.15, -0.1) is 0 Å². The van der Waals surface area contributed by atoms with Crippen molar-refractivity contribution < 1.29 is 67.0 Å². The molecule has 2 saturated heterocycles. The molecule has 0 radical (unpaired) electrons. The van der Waals surface area contributed by atoms with Gasteiger partial charge in [-0.1, -0.05) is 44.2 Å². The van der Waals surface area contributed by atoms with Crippen LogP contribution < -0.4 is 5.32 Å². The number of esters is 1. The number of nitrogens with one attached hydrogen (secondary N) is 1. The maximum atomic E-state index is 14.1. The molecule has 0 spiro atoms. The van der Waals surface area contributed by atoms with Crippen molar-refractivity contribution in [1.82, 2.24) is 9.62 Å². The molecule has 0 saturated carbocycles. The van der Waals surface area contributed by atoms with Crippen LogP contribution in [0.25, 0.3) is 0 Å². The van der Waals surface area contributed by atoms with Crippen LogP contribution >= 0.6 is 0 Å². The summed E-state index contributed by atoms with van der Waals surface area (Å²) in [6, 6.07) is 12.4. The number of aliphatic hydroxyl groups is 4. The van der Waals surface area contributed by atoms with Gasteiger partial charge in [-0.3, -0.25) is 14.9 Å². The number of benzene rings is 2. The first kappa shape index (κ1) is 43.9. The van der Waals surface area contributed by atoms with Gasteiger partial charge in [0, 0.05) is 38.1 Å². The van der Waals surface area contributed by atoms with Crippen molar-refractivity contribution in [3.8, 4) is 0 Å². The monoisotopic (exact) mass is 797 g/mol. The first-order valence-electron chi connectivity index (χ1n) is 18.1. The quantitative estimate of drug-likeness (QED) is 0.0547. The minimum absolute atomic E-state index is 0.0232. The van der Waals surface area contributed by atoms with Crippen LogP contribution in [0.3, 0.4) is 0 Å². The van der Waals surface area contributed by atoms with Crippen molar-refractivity contribution in [2.75, 3.05) is 39.5 Å². The van der Waals surface area contributed by atoms with E-state index in [4.69, 9.17) is 23.7 Å². The Morgan fingerprint density at radius 3 is 2.35 bits per heavy atom. The van der Waals surface area contributed by atoms with Crippen molar-refractivity contribution in [3.63, 3.8) is 0 Å². The molecular weight excluding hydrogens is 746 g/mol. The van der Waals surface area contributed by atoms with Crippen molar-refractivity contribution in [3.05, 3.63) is 70.3 Å². The average Bonchev–Trinajstić information content (AvgIpc) is 3.67. The Balaban J connectivity index is 1.54. The first-order chi connectivity index (χ1) is 26.2. The number of ether oxygens (including phenoxy) is 5. The fraction of sp³-hybridized carbons (Fsp3) is 0.611. The van der Waals surface area contributed by atoms with Crippen molar-refractivity contribution >= 4 is 27.8 Å². The maximum absolute atomic E-state index is 14.1. The molecule has 306 valence electrons. The summed E-state index contributed by atoms with van der Waals surface area (Å²) in [5.74, 6) is -0.923. The maximum Gasteiger partial charge on any atom is 0.407 e. The average molecular weight is 798 g/mol. The zero-order valence-corrected chi connectivity index (χ0v) is 31.6. The van der Waals surface area contributed by atoms with Crippen LogP contribution in [0.1, 0.15) is 45.1 Å². The van der Waals surface area contributed by atoms with E-state index in [9.17, 15) is 48.5 Å². The highest BCUT2D eigenvalue weighted by Crippen LogP contribution is 2.25. The summed E-state index contributed by atoms with van der Waals surface area (Å²) in [4.78, 5) is 37.1. The van der Waals surface area contributed by atoms with E-state index >= 15 is 0 Å². The summed E-state index contributed by atoms with van der Waals surface area (Å²) < 4.78 is 57.0. The largest absolute Gasteiger partial charge is 0.459 e. The van der Waals surface area contributed by atoms with E-state index in [-0.39, 0.29) is 61.9 Å². The Kier molecular flexibility index (Phi) is 16.7. The summed E-state index contributed by atoms with van der Waals surface area (Å²) in [5.41, 5.74) is 0.454. The van der Waals surface area contributed by atoms with Crippen LogP contribution in [0.15, 0.2) is 59.5 Å². The van der Waals surface area contributed by atoms with Gasteiger partial charge in [0.2, 0.25) is 10.0 Å². The fourth-order valence-electron chi connectivity index (χ4n) is 6.10. The molecule has 2 heterocycles. The van der Waals surface area contributed by atoms with Gasteiger partial charge in [-0.2, -0.15) is 4.31 Å². The number of hydrogen-bond donors (Lipinski definition) is 5. The number of carbonyl (C=O) groups is 2. The van der Waals surface area contributed by atoms with E-state index in [1.807, 2.05) is 0 Å². The van der Waals surface area contributed by atoms with Gasteiger partial charge in [-0.25, -0.2) is 13.2 Å². The zero-order valence-electron chi connectivity index (χ0n) is 30.8. The standard InChI is InChI=1S/C36H51N3O15S/c1-23(2)19-38(55(48,49)27-13-11-25(12-14-27)39(46)47)20-29(28(18-24-8-4-3-5-9-24)37-36(45)52-26-15-17-50-22-26)53-31(41)10-6-7-16-51-35-34(44)33(43)32(42)30(21-40)54-35/h3-5,8-9,11-14,23,26,28-30,32-35,40,42-44H,6-7,10,15-22H2,1-2H3,(H,37,45)/t26-,28-,29+,30?,32+,33-,34?,35+/m0/s1. The Bertz CT molecular complexity index is 1620. The Morgan fingerprint density at radius 2 is 1.73 bits per heavy atom. The SMILES string of the molecule is CC(C)CN(C[C@@H](OC(=O)CCCCO[C@@H]1OC(CO)[C@@H](O)[C@H](O)C1O)[C@H](Cc1ccccc1)NC(=O)O[C@H]1CCOC1)S(=O)(=O)c1ccc([N+](=O)[O-])cc1. The second-order valence-corrected chi connectivity index (χ2v) is 15.8. The third kappa shape index (κ3) is 12.9. The molecule has 8 atom stereocenters. The highest BCUT2D eigenvalue weighted by atomic mass is 32.2. The minimum Gasteiger partial charge on any atom is -0.459 e. The van der Waals surface area contributed by atoms with Gasteiger partial charge >= 0.3 is 12.1 Å². The zero-order chi connectivity index (χ0) is 40.1. The number of hydrogen-bond acceptors (Lipinski definition) is 15. The number of rotatable bonds is 20. The Morgan fingerprint density at radius 1 is 1.02 bits per heavy atom. The Hall–Kier alpha value is -3.79. The van der Waals surface area contributed by atoms with Gasteiger partial charge in [0.25, 0.3) is 5.69 Å². The lowest BCUT2D eigenvalue weighted by molar-refractivity contribution is -0.384. The van der Waals surface area contributed by atoms with E-state index in [0.29, 0.717) is 13.0 Å². The van der Waals surface area contributed by atoms with Crippen LogP contribution in [0.4, 0.5) is 10.5 Å². The molecule has 0 aromatic heterocycles. The van der Waals surface area contributed by atoms with Crippen molar-refractivity contribution in [1.29, 1.82) is 0 Å². The number of alkyl carbamates (subject to hydrolysis) is 1. The lowest BCUT2D eigenvalue weighted by Crippen LogP contribution is -2.59. The second-order valence-electron chi connectivity index (χ2n) is 13.9. The van der Waals surface area contributed by atoms with Gasteiger partial charge in [0.15, 0.2) is 6.29 Å². The fourth-order valence-corrected chi connectivity index (χ4v) is 7.72. The molecule has 2 aromatic rings. The highest BCUT2D eigenvalue weighted by Gasteiger charge is 2.44. The number of aliphatic hydroxyl groups excluding tert-OH is 4. The predicted molar refractivity (Wildman–Crippen MR) is 193 cm³/mol. The first-order valence-corrected chi connectivity index (χ1v) is 19.6. The molecule has 55 heavy (non-hydrogen) atoms. The van der Waals surface area contributed by atoms with Crippen LogP contribution in [-0.4, -0.2) is 139 Å². The molecule has 2 fully saturated rings. The molecule has 1 amide bonds. The third-order valence-corrected chi connectivity index (χ3v) is 10.9. The summed E-state index contributed by atoms with van der Waals surface area (Å²) in [5, 5.41) is 53.7. The number of nitro benzene ring substituents is 1. The van der Waals surface area contributed by atoms with Gasteiger partial charge in [0.1, 0.15) is 36.6 Å². The van der Waals surface area contributed by atoms with E-state index < -0.39 is 89.1 Å². The summed E-state index contributed by atoms with van der Waals surface area (Å²) in [6.45, 7) is 3.16. The van der Waals surface area contributed by atoms with E-state index in [2.05, 4.69) is 5.32 Å². The van der Waals surface area contributed by atoms with Crippen LogP contribution in [0, 0.1) is 16.0 Å². The number of unbranched alkanes of at least 4 members (excludes halogenated alkanes) is 1. The number of sulfonamides is 1. The van der Waals surface area contributed by atoms with E-state index in [0.717, 1.165) is 34.1 Å². The molecule has 5 N–H and O–H groups in total. The number of nitro groups is 1. The summed E-state index contributed by atoms with van der Waals surface area (Å²) in [7, 11) is -4.31. The minimum atomic E-state index is -4.31. The number of non-ortho nitro benzene ring substituents is 1. The molecule has 0 bridgehead atoms. The Labute approximate surface area is 319 Å². The van der Waals surface area contributed by atoms with Crippen molar-refractivity contribution in [2.24, 2.45) is 5.92 Å². The number of amides is 1. The molecule has 4 rings (SSSR count).